The highest BCUT2D eigenvalue weighted by Crippen LogP contribution is 2.24. The van der Waals surface area contributed by atoms with Gasteiger partial charge >= 0.3 is 0 Å². The third-order valence-electron chi connectivity index (χ3n) is 2.54. The van der Waals surface area contributed by atoms with Crippen LogP contribution in [0.4, 0.5) is 0 Å². The van der Waals surface area contributed by atoms with E-state index in [1.54, 1.807) is 36.6 Å². The molecule has 0 aliphatic heterocycles. The van der Waals surface area contributed by atoms with Gasteiger partial charge in [0, 0.05) is 9.92 Å². The molecule has 2 amide bonds. The Morgan fingerprint density at radius 3 is 2.52 bits per heavy atom. The molecule has 110 valence electrons. The van der Waals surface area contributed by atoms with E-state index >= 15 is 0 Å². The van der Waals surface area contributed by atoms with Crippen molar-refractivity contribution >= 4 is 46.5 Å². The Balaban J connectivity index is 1.82. The maximum atomic E-state index is 11.9. The topological polar surface area (TPSA) is 58.2 Å². The summed E-state index contributed by atoms with van der Waals surface area (Å²) >= 11 is 8.51. The van der Waals surface area contributed by atoms with E-state index in [1.807, 2.05) is 12.1 Å². The van der Waals surface area contributed by atoms with E-state index < -0.39 is 0 Å². The number of amides is 2. The van der Waals surface area contributed by atoms with E-state index in [1.165, 1.54) is 23.1 Å². The number of thioether (sulfide) groups is 1. The molecule has 1 aromatic carbocycles. The van der Waals surface area contributed by atoms with Crippen molar-refractivity contribution in [1.82, 2.24) is 10.9 Å². The SMILES string of the molecule is CC(Sc1ccc(Cl)cc1)C(=O)NNC(=O)c1cccs1. The average Bonchev–Trinajstić information content (AvgIpc) is 3.01. The third-order valence-corrected chi connectivity index (χ3v) is 4.77. The predicted octanol–water partition coefficient (Wildman–Crippen LogP) is 3.34. The first-order valence-electron chi connectivity index (χ1n) is 6.12. The number of nitrogens with one attached hydrogen (secondary N) is 2. The largest absolute Gasteiger partial charge is 0.279 e. The third kappa shape index (κ3) is 4.77. The van der Waals surface area contributed by atoms with Crippen LogP contribution in [-0.2, 0) is 4.79 Å². The molecular weight excluding hydrogens is 328 g/mol. The zero-order valence-corrected chi connectivity index (χ0v) is 13.5. The molecule has 0 spiro atoms. The number of carbonyl (C=O) groups excluding carboxylic acids is 2. The Labute approximate surface area is 135 Å². The molecule has 0 saturated carbocycles. The summed E-state index contributed by atoms with van der Waals surface area (Å²) < 4.78 is 0. The molecular formula is C14H13ClN2O2S2. The molecule has 1 atom stereocenters. The molecule has 0 radical (unpaired) electrons. The lowest BCUT2D eigenvalue weighted by Crippen LogP contribution is -2.44. The molecule has 0 fully saturated rings. The summed E-state index contributed by atoms with van der Waals surface area (Å²) in [5.74, 6) is -0.582. The Bertz CT molecular complexity index is 614. The number of carbonyl (C=O) groups is 2. The minimum Gasteiger partial charge on any atom is -0.272 e. The van der Waals surface area contributed by atoms with Crippen molar-refractivity contribution in [3.05, 3.63) is 51.7 Å². The number of hydrogen-bond donors (Lipinski definition) is 2. The fourth-order valence-corrected chi connectivity index (χ4v) is 3.07. The Morgan fingerprint density at radius 2 is 1.90 bits per heavy atom. The summed E-state index contributed by atoms with van der Waals surface area (Å²) in [5.41, 5.74) is 4.82. The lowest BCUT2D eigenvalue weighted by molar-refractivity contribution is -0.121. The summed E-state index contributed by atoms with van der Waals surface area (Å²) in [6.07, 6.45) is 0. The molecule has 21 heavy (non-hydrogen) atoms. The van der Waals surface area contributed by atoms with E-state index in [-0.39, 0.29) is 17.1 Å². The molecule has 7 heteroatoms. The summed E-state index contributed by atoms with van der Waals surface area (Å²) in [4.78, 5) is 25.1. The molecule has 1 unspecified atom stereocenters. The summed E-state index contributed by atoms with van der Waals surface area (Å²) in [6.45, 7) is 1.77. The van der Waals surface area contributed by atoms with Gasteiger partial charge in [-0.1, -0.05) is 17.7 Å². The van der Waals surface area contributed by atoms with Crippen molar-refractivity contribution in [3.63, 3.8) is 0 Å². The standard InChI is InChI=1S/C14H13ClN2O2S2/c1-9(21-11-6-4-10(15)5-7-11)13(18)16-17-14(19)12-3-2-8-20-12/h2-9H,1H3,(H,16,18)(H,17,19). The number of halogens is 1. The van der Waals surface area contributed by atoms with Gasteiger partial charge in [-0.3, -0.25) is 20.4 Å². The van der Waals surface area contributed by atoms with Crippen molar-refractivity contribution < 1.29 is 9.59 Å². The van der Waals surface area contributed by atoms with E-state index in [0.29, 0.717) is 9.90 Å². The van der Waals surface area contributed by atoms with E-state index in [9.17, 15) is 9.59 Å². The van der Waals surface area contributed by atoms with Crippen LogP contribution >= 0.6 is 34.7 Å². The fourth-order valence-electron chi connectivity index (χ4n) is 1.46. The summed E-state index contributed by atoms with van der Waals surface area (Å²) in [5, 5.41) is 2.12. The van der Waals surface area contributed by atoms with Gasteiger partial charge in [0.1, 0.15) is 0 Å². The molecule has 4 nitrogen and oxygen atoms in total. The van der Waals surface area contributed by atoms with Gasteiger partial charge in [-0.15, -0.1) is 23.1 Å². The van der Waals surface area contributed by atoms with Gasteiger partial charge in [0.2, 0.25) is 0 Å². The van der Waals surface area contributed by atoms with Gasteiger partial charge in [0.15, 0.2) is 0 Å². The van der Waals surface area contributed by atoms with E-state index in [4.69, 9.17) is 11.6 Å². The van der Waals surface area contributed by atoms with Crippen LogP contribution in [0.3, 0.4) is 0 Å². The Hall–Kier alpha value is -1.50. The lowest BCUT2D eigenvalue weighted by Gasteiger charge is -2.12. The van der Waals surface area contributed by atoms with Gasteiger partial charge in [-0.05, 0) is 42.6 Å². The quantitative estimate of drug-likeness (QED) is 0.663. The van der Waals surface area contributed by atoms with Gasteiger partial charge in [-0.2, -0.15) is 0 Å². The number of benzene rings is 1. The monoisotopic (exact) mass is 340 g/mol. The first kappa shape index (κ1) is 15.9. The number of thiophene rings is 1. The summed E-state index contributed by atoms with van der Waals surface area (Å²) in [7, 11) is 0. The minimum atomic E-state index is -0.338. The van der Waals surface area contributed by atoms with Gasteiger partial charge in [-0.25, -0.2) is 0 Å². The van der Waals surface area contributed by atoms with Crippen molar-refractivity contribution in [2.24, 2.45) is 0 Å². The van der Waals surface area contributed by atoms with Crippen LogP contribution in [0.25, 0.3) is 0 Å². The number of hydrogen-bond acceptors (Lipinski definition) is 4. The molecule has 2 N–H and O–H groups in total. The smallest absolute Gasteiger partial charge is 0.272 e. The maximum absolute atomic E-state index is 11.9. The van der Waals surface area contributed by atoms with Crippen molar-refractivity contribution in [1.29, 1.82) is 0 Å². The first-order chi connectivity index (χ1) is 10.1. The summed E-state index contributed by atoms with van der Waals surface area (Å²) in [6, 6.07) is 10.7. The lowest BCUT2D eigenvalue weighted by atomic mass is 10.4. The normalized spacial score (nSPS) is 11.7. The van der Waals surface area contributed by atoms with Crippen molar-refractivity contribution in [3.8, 4) is 0 Å². The van der Waals surface area contributed by atoms with Gasteiger partial charge in [0.25, 0.3) is 11.8 Å². The van der Waals surface area contributed by atoms with E-state index in [0.717, 1.165) is 4.90 Å². The number of hydrazine groups is 1. The molecule has 0 saturated heterocycles. The van der Waals surface area contributed by atoms with Gasteiger partial charge < -0.3 is 0 Å². The molecule has 0 bridgehead atoms. The molecule has 1 aromatic heterocycles. The second-order valence-corrected chi connectivity index (χ2v) is 6.93. The van der Waals surface area contributed by atoms with Crippen molar-refractivity contribution in [2.45, 2.75) is 17.1 Å². The van der Waals surface area contributed by atoms with Crippen LogP contribution in [0.15, 0.2) is 46.7 Å². The van der Waals surface area contributed by atoms with Crippen LogP contribution in [0.2, 0.25) is 5.02 Å². The molecule has 1 heterocycles. The van der Waals surface area contributed by atoms with Crippen LogP contribution in [0.5, 0.6) is 0 Å². The van der Waals surface area contributed by atoms with Crippen LogP contribution in [0.1, 0.15) is 16.6 Å². The Kier molecular flexibility index (Phi) is 5.67. The fraction of sp³-hybridized carbons (Fsp3) is 0.143. The first-order valence-corrected chi connectivity index (χ1v) is 8.26. The average molecular weight is 341 g/mol. The molecule has 0 aliphatic rings. The van der Waals surface area contributed by atoms with Crippen LogP contribution in [0, 0.1) is 0 Å². The zero-order valence-electron chi connectivity index (χ0n) is 11.1. The Morgan fingerprint density at radius 1 is 1.19 bits per heavy atom. The van der Waals surface area contributed by atoms with Gasteiger partial charge in [0.05, 0.1) is 10.1 Å². The molecule has 2 aromatic rings. The maximum Gasteiger partial charge on any atom is 0.279 e. The highest BCUT2D eigenvalue weighted by Gasteiger charge is 2.15. The highest BCUT2D eigenvalue weighted by atomic mass is 35.5. The van der Waals surface area contributed by atoms with E-state index in [2.05, 4.69) is 10.9 Å². The predicted molar refractivity (Wildman–Crippen MR) is 86.7 cm³/mol. The minimum absolute atomic E-state index is 0.264. The van der Waals surface area contributed by atoms with Crippen LogP contribution < -0.4 is 10.9 Å². The van der Waals surface area contributed by atoms with Crippen LogP contribution in [-0.4, -0.2) is 17.1 Å². The second-order valence-electron chi connectivity index (χ2n) is 4.13. The molecule has 2 rings (SSSR count). The molecule has 0 aliphatic carbocycles. The number of rotatable bonds is 4. The second kappa shape index (κ2) is 7.49. The van der Waals surface area contributed by atoms with Crippen molar-refractivity contribution in [2.75, 3.05) is 0 Å². The zero-order chi connectivity index (χ0) is 15.2. The highest BCUT2D eigenvalue weighted by molar-refractivity contribution is 8.00.